The summed E-state index contributed by atoms with van der Waals surface area (Å²) in [5.74, 6) is 1.16. The van der Waals surface area contributed by atoms with Crippen molar-refractivity contribution in [3.05, 3.63) is 47.0 Å². The van der Waals surface area contributed by atoms with Gasteiger partial charge < -0.3 is 24.8 Å². The fraction of sp³-hybridized carbons (Fsp3) is 0.222. The minimum absolute atomic E-state index is 0.0849. The molecule has 2 heterocycles. The minimum atomic E-state index is -0.888. The summed E-state index contributed by atoms with van der Waals surface area (Å²) in [7, 11) is 0. The Kier molecular flexibility index (Phi) is 4.30. The number of hydrogen-bond acceptors (Lipinski definition) is 5. The Labute approximate surface area is 154 Å². The van der Waals surface area contributed by atoms with Crippen LogP contribution in [0, 0.1) is 0 Å². The van der Waals surface area contributed by atoms with Crippen LogP contribution in [0.5, 0.6) is 17.2 Å². The monoisotopic (exact) mass is 374 g/mol. The van der Waals surface area contributed by atoms with Crippen LogP contribution in [0.15, 0.2) is 36.4 Å². The van der Waals surface area contributed by atoms with E-state index >= 15 is 0 Å². The van der Waals surface area contributed by atoms with Crippen molar-refractivity contribution in [2.75, 3.05) is 12.1 Å². The third kappa shape index (κ3) is 3.39. The fourth-order valence-electron chi connectivity index (χ4n) is 2.75. The van der Waals surface area contributed by atoms with Gasteiger partial charge in [-0.05, 0) is 35.9 Å². The average Bonchev–Trinajstić information content (AvgIpc) is 3.08. The lowest BCUT2D eigenvalue weighted by molar-refractivity contribution is -0.130. The predicted molar refractivity (Wildman–Crippen MR) is 93.5 cm³/mol. The highest BCUT2D eigenvalue weighted by molar-refractivity contribution is 6.31. The summed E-state index contributed by atoms with van der Waals surface area (Å²) in [6.07, 6.45) is -0.973. The molecule has 7 nitrogen and oxygen atoms in total. The van der Waals surface area contributed by atoms with Crippen LogP contribution < -0.4 is 24.8 Å². The number of fused-ring (bicyclic) bond motifs is 2. The summed E-state index contributed by atoms with van der Waals surface area (Å²) in [6, 6.07) is 10.4. The Morgan fingerprint density at radius 1 is 1.15 bits per heavy atom. The second-order valence-corrected chi connectivity index (χ2v) is 6.34. The minimum Gasteiger partial charge on any atom is -0.478 e. The van der Waals surface area contributed by atoms with Gasteiger partial charge in [-0.2, -0.15) is 0 Å². The topological polar surface area (TPSA) is 85.9 Å². The van der Waals surface area contributed by atoms with Gasteiger partial charge in [-0.1, -0.05) is 17.7 Å². The molecule has 0 bridgehead atoms. The van der Waals surface area contributed by atoms with Crippen LogP contribution in [0.25, 0.3) is 0 Å². The highest BCUT2D eigenvalue weighted by Crippen LogP contribution is 2.33. The van der Waals surface area contributed by atoms with Gasteiger partial charge in [0.25, 0.3) is 5.91 Å². The maximum atomic E-state index is 12.2. The van der Waals surface area contributed by atoms with Crippen LogP contribution in [-0.2, 0) is 16.1 Å². The molecule has 2 aromatic rings. The normalized spacial score (nSPS) is 17.1. The molecule has 0 aromatic heterocycles. The molecule has 134 valence electrons. The van der Waals surface area contributed by atoms with Gasteiger partial charge in [-0.15, -0.1) is 0 Å². The lowest BCUT2D eigenvalue weighted by Gasteiger charge is -2.25. The molecule has 8 heteroatoms. The Bertz CT molecular complexity index is 886. The summed E-state index contributed by atoms with van der Waals surface area (Å²) < 4.78 is 16.2. The number of ether oxygens (including phenoxy) is 3. The predicted octanol–water partition coefficient (Wildman–Crippen LogP) is 2.47. The molecule has 26 heavy (non-hydrogen) atoms. The van der Waals surface area contributed by atoms with Crippen LogP contribution >= 0.6 is 11.6 Å². The number of anilines is 1. The van der Waals surface area contributed by atoms with Crippen molar-refractivity contribution < 1.29 is 23.8 Å². The molecule has 0 saturated heterocycles. The summed E-state index contributed by atoms with van der Waals surface area (Å²) in [4.78, 5) is 24.3. The van der Waals surface area contributed by atoms with Gasteiger partial charge in [0.05, 0.1) is 12.1 Å². The number of carbonyl (C=O) groups excluding carboxylic acids is 2. The Hall–Kier alpha value is -2.93. The first-order valence-corrected chi connectivity index (χ1v) is 8.38. The van der Waals surface area contributed by atoms with Crippen molar-refractivity contribution in [1.82, 2.24) is 5.32 Å². The molecule has 2 aromatic carbocycles. The molecule has 0 fully saturated rings. The van der Waals surface area contributed by atoms with Crippen molar-refractivity contribution in [2.45, 2.75) is 19.1 Å². The lowest BCUT2D eigenvalue weighted by Crippen LogP contribution is -2.40. The molecular formula is C18H15ClN2O5. The summed E-state index contributed by atoms with van der Waals surface area (Å²) >= 11 is 5.89. The van der Waals surface area contributed by atoms with E-state index in [9.17, 15) is 9.59 Å². The van der Waals surface area contributed by atoms with Crippen molar-refractivity contribution in [3.63, 3.8) is 0 Å². The zero-order valence-corrected chi connectivity index (χ0v) is 14.3. The molecule has 0 spiro atoms. The van der Waals surface area contributed by atoms with E-state index in [1.54, 1.807) is 24.3 Å². The third-order valence-corrected chi connectivity index (χ3v) is 4.29. The first-order chi connectivity index (χ1) is 12.6. The zero-order valence-electron chi connectivity index (χ0n) is 13.6. The molecule has 1 atom stereocenters. The van der Waals surface area contributed by atoms with Crippen LogP contribution in [-0.4, -0.2) is 24.7 Å². The van der Waals surface area contributed by atoms with Crippen molar-refractivity contribution in [3.8, 4) is 17.2 Å². The number of benzene rings is 2. The third-order valence-electron chi connectivity index (χ3n) is 4.06. The van der Waals surface area contributed by atoms with Crippen LogP contribution in [0.2, 0.25) is 5.02 Å². The van der Waals surface area contributed by atoms with Crippen molar-refractivity contribution in [2.24, 2.45) is 0 Å². The maximum Gasteiger partial charge on any atom is 0.266 e. The summed E-state index contributed by atoms with van der Waals surface area (Å²) in [5, 5.41) is 5.97. The van der Waals surface area contributed by atoms with Gasteiger partial charge >= 0.3 is 0 Å². The molecular weight excluding hydrogens is 360 g/mol. The highest BCUT2D eigenvalue weighted by atomic mass is 35.5. The van der Waals surface area contributed by atoms with E-state index in [-0.39, 0.29) is 25.0 Å². The second kappa shape index (κ2) is 6.76. The van der Waals surface area contributed by atoms with Crippen LogP contribution in [0.3, 0.4) is 0 Å². The van der Waals surface area contributed by atoms with Crippen molar-refractivity contribution >= 4 is 29.1 Å². The molecule has 2 N–H and O–H groups in total. The van der Waals surface area contributed by atoms with Gasteiger partial charge in [0.1, 0.15) is 5.75 Å². The van der Waals surface area contributed by atoms with Crippen LogP contribution in [0.1, 0.15) is 12.0 Å². The number of carbonyl (C=O) groups is 2. The number of amides is 2. The first kappa shape index (κ1) is 16.5. The quantitative estimate of drug-likeness (QED) is 0.858. The molecule has 0 saturated carbocycles. The Morgan fingerprint density at radius 3 is 2.85 bits per heavy atom. The molecule has 1 unspecified atom stereocenters. The van der Waals surface area contributed by atoms with Crippen LogP contribution in [0.4, 0.5) is 5.69 Å². The average molecular weight is 375 g/mol. The van der Waals surface area contributed by atoms with E-state index in [1.165, 1.54) is 0 Å². The van der Waals surface area contributed by atoms with E-state index in [2.05, 4.69) is 10.6 Å². The smallest absolute Gasteiger partial charge is 0.266 e. The van der Waals surface area contributed by atoms with Gasteiger partial charge in [0.2, 0.25) is 12.7 Å². The Balaban J connectivity index is 1.35. The maximum absolute atomic E-state index is 12.2. The highest BCUT2D eigenvalue weighted by Gasteiger charge is 2.29. The van der Waals surface area contributed by atoms with E-state index in [0.29, 0.717) is 34.5 Å². The molecule has 2 aliphatic heterocycles. The van der Waals surface area contributed by atoms with Gasteiger partial charge in [-0.3, -0.25) is 9.59 Å². The molecule has 2 aliphatic rings. The first-order valence-electron chi connectivity index (χ1n) is 8.01. The van der Waals surface area contributed by atoms with E-state index in [1.807, 2.05) is 12.1 Å². The van der Waals surface area contributed by atoms with Crippen molar-refractivity contribution in [1.29, 1.82) is 0 Å². The summed E-state index contributed by atoms with van der Waals surface area (Å²) in [6.45, 7) is 0.516. The summed E-state index contributed by atoms with van der Waals surface area (Å²) in [5.41, 5.74) is 1.37. The van der Waals surface area contributed by atoms with Gasteiger partial charge in [0.15, 0.2) is 17.6 Å². The zero-order chi connectivity index (χ0) is 18.1. The van der Waals surface area contributed by atoms with Gasteiger partial charge in [0, 0.05) is 11.6 Å². The van der Waals surface area contributed by atoms with E-state index in [0.717, 1.165) is 5.56 Å². The van der Waals surface area contributed by atoms with E-state index in [4.69, 9.17) is 25.8 Å². The molecule has 4 rings (SSSR count). The van der Waals surface area contributed by atoms with E-state index < -0.39 is 6.10 Å². The lowest BCUT2D eigenvalue weighted by atomic mass is 10.1. The molecule has 2 amide bonds. The standard InChI is InChI=1S/C18H15ClN2O5/c19-11-2-4-13-12(6-11)21-18(23)16(26-13)7-17(22)20-8-10-1-3-14-15(5-10)25-9-24-14/h1-6,16H,7-9H2,(H,20,22)(H,21,23). The fourth-order valence-corrected chi connectivity index (χ4v) is 2.92. The van der Waals surface area contributed by atoms with Gasteiger partial charge in [-0.25, -0.2) is 0 Å². The molecule has 0 radical (unpaired) electrons. The second-order valence-electron chi connectivity index (χ2n) is 5.90. The largest absolute Gasteiger partial charge is 0.478 e. The number of rotatable bonds is 4. The molecule has 0 aliphatic carbocycles. The number of hydrogen-bond donors (Lipinski definition) is 2. The Morgan fingerprint density at radius 2 is 1.96 bits per heavy atom. The number of nitrogens with one attached hydrogen (secondary N) is 2. The SMILES string of the molecule is O=C(CC1Oc2ccc(Cl)cc2NC1=O)NCc1ccc2c(c1)OCO2. The number of halogens is 1.